The van der Waals surface area contributed by atoms with E-state index >= 15 is 0 Å². The number of aryl methyl sites for hydroxylation is 2. The number of aromatic nitrogens is 3. The van der Waals surface area contributed by atoms with Gasteiger partial charge in [0, 0.05) is 17.5 Å². The van der Waals surface area contributed by atoms with Crippen LogP contribution in [0.5, 0.6) is 0 Å². The normalized spacial score (nSPS) is 11.8. The maximum atomic E-state index is 12.5. The molecule has 0 radical (unpaired) electrons. The summed E-state index contributed by atoms with van der Waals surface area (Å²) in [7, 11) is 0. The number of aromatic amines is 1. The number of nitrogens with one attached hydrogen (secondary N) is 2. The Morgan fingerprint density at radius 1 is 1.15 bits per heavy atom. The lowest BCUT2D eigenvalue weighted by Crippen LogP contribution is -2.31. The van der Waals surface area contributed by atoms with Crippen molar-refractivity contribution >= 4 is 5.91 Å². The number of carbonyl (C=O) groups excluding carboxylic acids is 1. The van der Waals surface area contributed by atoms with Crippen LogP contribution >= 0.6 is 0 Å². The van der Waals surface area contributed by atoms with Gasteiger partial charge in [-0.05, 0) is 38.5 Å². The van der Waals surface area contributed by atoms with E-state index in [2.05, 4.69) is 20.3 Å². The highest BCUT2D eigenvalue weighted by Crippen LogP contribution is 2.14. The van der Waals surface area contributed by atoms with Crippen LogP contribution < -0.4 is 10.9 Å². The Morgan fingerprint density at radius 2 is 1.89 bits per heavy atom. The van der Waals surface area contributed by atoms with E-state index in [0.717, 1.165) is 5.56 Å². The second kappa shape index (κ2) is 7.95. The van der Waals surface area contributed by atoms with Crippen LogP contribution in [0.2, 0.25) is 0 Å². The molecule has 6 nitrogen and oxygen atoms in total. The largest absolute Gasteiger partial charge is 0.349 e. The van der Waals surface area contributed by atoms with Gasteiger partial charge in [0.2, 0.25) is 5.91 Å². The van der Waals surface area contributed by atoms with E-state index in [0.29, 0.717) is 22.8 Å². The molecule has 3 rings (SSSR count). The Morgan fingerprint density at radius 3 is 2.52 bits per heavy atom. The van der Waals surface area contributed by atoms with E-state index in [1.165, 1.54) is 5.56 Å². The second-order valence-electron chi connectivity index (χ2n) is 6.57. The first kappa shape index (κ1) is 18.5. The Labute approximate surface area is 157 Å². The van der Waals surface area contributed by atoms with Crippen LogP contribution in [0.1, 0.15) is 35.3 Å². The van der Waals surface area contributed by atoms with Gasteiger partial charge >= 0.3 is 0 Å². The molecule has 27 heavy (non-hydrogen) atoms. The quantitative estimate of drug-likeness (QED) is 0.730. The van der Waals surface area contributed by atoms with Crippen molar-refractivity contribution in [1.29, 1.82) is 0 Å². The highest BCUT2D eigenvalue weighted by atomic mass is 16.2. The molecule has 1 aromatic carbocycles. The summed E-state index contributed by atoms with van der Waals surface area (Å²) in [4.78, 5) is 36.2. The second-order valence-corrected chi connectivity index (χ2v) is 6.57. The number of H-pyrrole nitrogens is 1. The average Bonchev–Trinajstić information content (AvgIpc) is 2.65. The van der Waals surface area contributed by atoms with Gasteiger partial charge in [-0.25, -0.2) is 4.98 Å². The standard InChI is InChI=1S/C21H22N4O2/c1-13-7-9-16(10-8-13)14(2)23-19(26)12-17-15(3)24-20(25-21(17)27)18-6-4-5-11-22-18/h4-11,14H,12H2,1-3H3,(H,23,26)(H,24,25,27). The molecule has 2 heterocycles. The van der Waals surface area contributed by atoms with Crippen molar-refractivity contribution in [2.75, 3.05) is 0 Å². The minimum atomic E-state index is -0.318. The number of amides is 1. The number of rotatable bonds is 5. The number of nitrogens with zero attached hydrogens (tertiary/aromatic N) is 2. The van der Waals surface area contributed by atoms with Crippen LogP contribution in [0.15, 0.2) is 53.5 Å². The summed E-state index contributed by atoms with van der Waals surface area (Å²) in [5.74, 6) is 0.180. The molecule has 138 valence electrons. The summed E-state index contributed by atoms with van der Waals surface area (Å²) in [6.07, 6.45) is 1.62. The van der Waals surface area contributed by atoms with E-state index in [1.807, 2.05) is 44.2 Å². The predicted molar refractivity (Wildman–Crippen MR) is 104 cm³/mol. The summed E-state index contributed by atoms with van der Waals surface area (Å²) in [5.41, 5.74) is 3.34. The number of hydrogen-bond donors (Lipinski definition) is 2. The van der Waals surface area contributed by atoms with Gasteiger partial charge in [0.15, 0.2) is 5.82 Å². The van der Waals surface area contributed by atoms with Crippen LogP contribution in [0.4, 0.5) is 0 Å². The van der Waals surface area contributed by atoms with E-state index in [-0.39, 0.29) is 23.9 Å². The van der Waals surface area contributed by atoms with Crippen molar-refractivity contribution in [2.45, 2.75) is 33.2 Å². The summed E-state index contributed by atoms with van der Waals surface area (Å²) < 4.78 is 0. The van der Waals surface area contributed by atoms with Crippen molar-refractivity contribution in [2.24, 2.45) is 0 Å². The fourth-order valence-electron chi connectivity index (χ4n) is 2.83. The third-order valence-electron chi connectivity index (χ3n) is 4.42. The predicted octanol–water partition coefficient (Wildman–Crippen LogP) is 2.87. The van der Waals surface area contributed by atoms with Gasteiger partial charge < -0.3 is 10.3 Å². The Balaban J connectivity index is 1.74. The number of hydrogen-bond acceptors (Lipinski definition) is 4. The number of benzene rings is 1. The van der Waals surface area contributed by atoms with Crippen LogP contribution in [0, 0.1) is 13.8 Å². The molecule has 0 bridgehead atoms. The lowest BCUT2D eigenvalue weighted by molar-refractivity contribution is -0.121. The lowest BCUT2D eigenvalue weighted by atomic mass is 10.1. The van der Waals surface area contributed by atoms with Crippen molar-refractivity contribution < 1.29 is 4.79 Å². The molecule has 0 saturated carbocycles. The van der Waals surface area contributed by atoms with E-state index in [4.69, 9.17) is 0 Å². The highest BCUT2D eigenvalue weighted by molar-refractivity contribution is 5.79. The zero-order valence-electron chi connectivity index (χ0n) is 15.6. The molecular weight excluding hydrogens is 340 g/mol. The molecule has 1 atom stereocenters. The molecule has 1 amide bonds. The van der Waals surface area contributed by atoms with Gasteiger partial charge in [0.25, 0.3) is 5.56 Å². The van der Waals surface area contributed by atoms with E-state index < -0.39 is 0 Å². The maximum absolute atomic E-state index is 12.5. The molecule has 0 aliphatic carbocycles. The minimum Gasteiger partial charge on any atom is -0.349 e. The zero-order valence-corrected chi connectivity index (χ0v) is 15.6. The fraction of sp³-hybridized carbons (Fsp3) is 0.238. The first-order valence-electron chi connectivity index (χ1n) is 8.81. The third-order valence-corrected chi connectivity index (χ3v) is 4.42. The van der Waals surface area contributed by atoms with Gasteiger partial charge in [0.05, 0.1) is 12.5 Å². The number of pyridine rings is 1. The van der Waals surface area contributed by atoms with Gasteiger partial charge in [0.1, 0.15) is 5.69 Å². The molecule has 2 N–H and O–H groups in total. The monoisotopic (exact) mass is 362 g/mol. The van der Waals surface area contributed by atoms with Gasteiger partial charge in [-0.1, -0.05) is 35.9 Å². The summed E-state index contributed by atoms with van der Waals surface area (Å²) in [6.45, 7) is 5.67. The number of carbonyl (C=O) groups is 1. The molecule has 0 aliphatic rings. The van der Waals surface area contributed by atoms with Crippen molar-refractivity contribution in [3.63, 3.8) is 0 Å². The van der Waals surface area contributed by atoms with Crippen LogP contribution in [0.25, 0.3) is 11.5 Å². The fourth-order valence-corrected chi connectivity index (χ4v) is 2.83. The Hall–Kier alpha value is -3.28. The van der Waals surface area contributed by atoms with Crippen LogP contribution in [0.3, 0.4) is 0 Å². The van der Waals surface area contributed by atoms with E-state index in [1.54, 1.807) is 25.3 Å². The summed E-state index contributed by atoms with van der Waals surface area (Å²) >= 11 is 0. The molecular formula is C21H22N4O2. The maximum Gasteiger partial charge on any atom is 0.255 e. The zero-order chi connectivity index (χ0) is 19.4. The molecule has 0 saturated heterocycles. The summed E-state index contributed by atoms with van der Waals surface area (Å²) in [6, 6.07) is 13.2. The molecule has 0 aliphatic heterocycles. The van der Waals surface area contributed by atoms with E-state index in [9.17, 15) is 9.59 Å². The van der Waals surface area contributed by atoms with Crippen molar-refractivity contribution in [3.8, 4) is 11.5 Å². The molecule has 6 heteroatoms. The molecule has 0 fully saturated rings. The average molecular weight is 362 g/mol. The van der Waals surface area contributed by atoms with Gasteiger partial charge in [-0.15, -0.1) is 0 Å². The Kier molecular flexibility index (Phi) is 5.45. The Bertz CT molecular complexity index is 995. The van der Waals surface area contributed by atoms with Crippen molar-refractivity contribution in [1.82, 2.24) is 20.3 Å². The van der Waals surface area contributed by atoms with Gasteiger partial charge in [-0.3, -0.25) is 14.6 Å². The molecule has 3 aromatic rings. The molecule has 1 unspecified atom stereocenters. The first-order valence-corrected chi connectivity index (χ1v) is 8.81. The van der Waals surface area contributed by atoms with Crippen LogP contribution in [-0.2, 0) is 11.2 Å². The molecule has 2 aromatic heterocycles. The first-order chi connectivity index (χ1) is 12.9. The van der Waals surface area contributed by atoms with Crippen molar-refractivity contribution in [3.05, 3.63) is 81.4 Å². The topological polar surface area (TPSA) is 87.7 Å². The third kappa shape index (κ3) is 4.47. The van der Waals surface area contributed by atoms with Crippen LogP contribution in [-0.4, -0.2) is 20.9 Å². The van der Waals surface area contributed by atoms with Gasteiger partial charge in [-0.2, -0.15) is 0 Å². The highest BCUT2D eigenvalue weighted by Gasteiger charge is 2.16. The lowest BCUT2D eigenvalue weighted by Gasteiger charge is -2.15. The summed E-state index contributed by atoms with van der Waals surface area (Å²) in [5, 5.41) is 2.93. The smallest absolute Gasteiger partial charge is 0.255 e. The molecule has 0 spiro atoms. The minimum absolute atomic E-state index is 0.0210. The SMILES string of the molecule is Cc1ccc(C(C)NC(=O)Cc2c(C)nc(-c3ccccn3)[nH]c2=O)cc1.